The Hall–Kier alpha value is -1.84. The molecule has 3 rings (SSSR count). The van der Waals surface area contributed by atoms with Crippen molar-refractivity contribution >= 4 is 11.8 Å². The molecule has 1 aromatic rings. The van der Waals surface area contributed by atoms with E-state index in [4.69, 9.17) is 0 Å². The van der Waals surface area contributed by atoms with Gasteiger partial charge in [0.1, 0.15) is 12.1 Å². The molecule has 1 aromatic carbocycles. The lowest BCUT2D eigenvalue weighted by Crippen LogP contribution is -2.59. The van der Waals surface area contributed by atoms with Crippen LogP contribution in [0.3, 0.4) is 0 Å². The molecule has 4 nitrogen and oxygen atoms in total. The summed E-state index contributed by atoms with van der Waals surface area (Å²) in [4.78, 5) is 29.3. The lowest BCUT2D eigenvalue weighted by atomic mass is 9.97. The summed E-state index contributed by atoms with van der Waals surface area (Å²) in [5.74, 6) is 0.555. The van der Waals surface area contributed by atoms with Crippen LogP contribution >= 0.6 is 0 Å². The Morgan fingerprint density at radius 2 is 1.86 bits per heavy atom. The second-order valence-corrected chi connectivity index (χ2v) is 6.39. The summed E-state index contributed by atoms with van der Waals surface area (Å²) >= 11 is 0. The Morgan fingerprint density at radius 1 is 1.14 bits per heavy atom. The van der Waals surface area contributed by atoms with Gasteiger partial charge in [-0.05, 0) is 24.3 Å². The molecule has 2 saturated heterocycles. The first kappa shape index (κ1) is 14.1. The van der Waals surface area contributed by atoms with Crippen LogP contribution in [0.1, 0.15) is 38.3 Å². The smallest absolute Gasteiger partial charge is 0.250 e. The zero-order valence-corrected chi connectivity index (χ0v) is 12.7. The quantitative estimate of drug-likeness (QED) is 0.855. The highest BCUT2D eigenvalue weighted by molar-refractivity contribution is 5.98. The maximum atomic E-state index is 12.9. The van der Waals surface area contributed by atoms with Gasteiger partial charge >= 0.3 is 0 Å². The van der Waals surface area contributed by atoms with Gasteiger partial charge in [0.2, 0.25) is 5.91 Å². The number of amides is 2. The zero-order valence-electron chi connectivity index (χ0n) is 12.7. The number of carbonyl (C=O) groups excluding carboxylic acids is 2. The molecule has 2 fully saturated rings. The third kappa shape index (κ3) is 2.43. The molecule has 112 valence electrons. The van der Waals surface area contributed by atoms with Gasteiger partial charge in [-0.3, -0.25) is 9.59 Å². The standard InChI is InChI=1S/C17H22N2O2/c1-12(2)11-19-15(13-7-4-3-5-8-13)17(21)18-10-6-9-14(18)16(19)20/h3-5,7-8,12,14-15H,6,9-11H2,1-2H3. The van der Waals surface area contributed by atoms with E-state index in [1.807, 2.05) is 30.3 Å². The van der Waals surface area contributed by atoms with Crippen molar-refractivity contribution in [2.45, 2.75) is 38.8 Å². The summed E-state index contributed by atoms with van der Waals surface area (Å²) in [6.45, 7) is 5.52. The van der Waals surface area contributed by atoms with Crippen LogP contribution in [0, 0.1) is 5.92 Å². The minimum absolute atomic E-state index is 0.0870. The normalized spacial score (nSPS) is 25.7. The molecule has 2 unspecified atom stereocenters. The van der Waals surface area contributed by atoms with E-state index < -0.39 is 6.04 Å². The maximum absolute atomic E-state index is 12.9. The molecule has 0 bridgehead atoms. The molecule has 2 aliphatic rings. The van der Waals surface area contributed by atoms with Crippen molar-refractivity contribution < 1.29 is 9.59 Å². The van der Waals surface area contributed by atoms with E-state index in [9.17, 15) is 9.59 Å². The summed E-state index contributed by atoms with van der Waals surface area (Å²) in [6, 6.07) is 9.00. The van der Waals surface area contributed by atoms with Gasteiger partial charge in [-0.1, -0.05) is 44.2 Å². The Morgan fingerprint density at radius 3 is 2.52 bits per heavy atom. The van der Waals surface area contributed by atoms with Crippen LogP contribution in [0.15, 0.2) is 30.3 Å². The van der Waals surface area contributed by atoms with Gasteiger partial charge < -0.3 is 9.80 Å². The molecule has 0 saturated carbocycles. The van der Waals surface area contributed by atoms with Crippen LogP contribution in [0.25, 0.3) is 0 Å². The molecule has 2 heterocycles. The SMILES string of the molecule is CC(C)CN1C(=O)C2CCCN2C(=O)C1c1ccccc1. The predicted molar refractivity (Wildman–Crippen MR) is 80.5 cm³/mol. The van der Waals surface area contributed by atoms with E-state index in [2.05, 4.69) is 13.8 Å². The summed E-state index contributed by atoms with van der Waals surface area (Å²) in [7, 11) is 0. The van der Waals surface area contributed by atoms with Gasteiger partial charge in [-0.25, -0.2) is 0 Å². The number of hydrogen-bond acceptors (Lipinski definition) is 2. The minimum atomic E-state index is -0.449. The summed E-state index contributed by atoms with van der Waals surface area (Å²) in [5.41, 5.74) is 0.918. The van der Waals surface area contributed by atoms with Crippen LogP contribution in [0.5, 0.6) is 0 Å². The molecule has 2 atom stereocenters. The average molecular weight is 286 g/mol. The van der Waals surface area contributed by atoms with Crippen LogP contribution in [0.2, 0.25) is 0 Å². The second-order valence-electron chi connectivity index (χ2n) is 6.39. The fourth-order valence-electron chi connectivity index (χ4n) is 3.44. The summed E-state index contributed by atoms with van der Waals surface area (Å²) in [6.07, 6.45) is 1.74. The molecule has 0 aromatic heterocycles. The lowest BCUT2D eigenvalue weighted by Gasteiger charge is -2.43. The Kier molecular flexibility index (Phi) is 3.70. The van der Waals surface area contributed by atoms with Crippen molar-refractivity contribution in [3.05, 3.63) is 35.9 Å². The van der Waals surface area contributed by atoms with Crippen LogP contribution in [0.4, 0.5) is 0 Å². The first-order valence-corrected chi connectivity index (χ1v) is 7.75. The number of nitrogens with zero attached hydrogens (tertiary/aromatic N) is 2. The van der Waals surface area contributed by atoms with E-state index in [1.54, 1.807) is 9.80 Å². The molecular weight excluding hydrogens is 264 g/mol. The topological polar surface area (TPSA) is 40.6 Å². The molecule has 0 N–H and O–H groups in total. The van der Waals surface area contributed by atoms with Crippen molar-refractivity contribution in [3.8, 4) is 0 Å². The van der Waals surface area contributed by atoms with Crippen molar-refractivity contribution in [2.24, 2.45) is 5.92 Å². The van der Waals surface area contributed by atoms with Gasteiger partial charge in [0.05, 0.1) is 0 Å². The first-order chi connectivity index (χ1) is 10.1. The van der Waals surface area contributed by atoms with Gasteiger partial charge in [0.25, 0.3) is 5.91 Å². The van der Waals surface area contributed by atoms with E-state index in [-0.39, 0.29) is 17.9 Å². The Balaban J connectivity index is 2.00. The van der Waals surface area contributed by atoms with Crippen LogP contribution < -0.4 is 0 Å². The molecule has 2 amide bonds. The monoisotopic (exact) mass is 286 g/mol. The predicted octanol–water partition coefficient (Wildman–Crippen LogP) is 2.22. The summed E-state index contributed by atoms with van der Waals surface area (Å²) in [5, 5.41) is 0. The number of benzene rings is 1. The molecule has 2 aliphatic heterocycles. The lowest BCUT2D eigenvalue weighted by molar-refractivity contribution is -0.160. The van der Waals surface area contributed by atoms with Crippen molar-refractivity contribution in [3.63, 3.8) is 0 Å². The fourth-order valence-corrected chi connectivity index (χ4v) is 3.44. The largest absolute Gasteiger partial charge is 0.329 e. The summed E-state index contributed by atoms with van der Waals surface area (Å²) < 4.78 is 0. The van der Waals surface area contributed by atoms with E-state index in [0.29, 0.717) is 19.0 Å². The van der Waals surface area contributed by atoms with Crippen molar-refractivity contribution in [1.82, 2.24) is 9.80 Å². The Labute approximate surface area is 125 Å². The van der Waals surface area contributed by atoms with Crippen molar-refractivity contribution in [2.75, 3.05) is 13.1 Å². The highest BCUT2D eigenvalue weighted by Gasteiger charge is 2.48. The van der Waals surface area contributed by atoms with Crippen LogP contribution in [-0.4, -0.2) is 40.7 Å². The average Bonchev–Trinajstić information content (AvgIpc) is 2.95. The first-order valence-electron chi connectivity index (χ1n) is 7.75. The number of hydrogen-bond donors (Lipinski definition) is 0. The second kappa shape index (κ2) is 5.51. The van der Waals surface area contributed by atoms with Gasteiger partial charge in [0.15, 0.2) is 0 Å². The van der Waals surface area contributed by atoms with Crippen LogP contribution in [-0.2, 0) is 9.59 Å². The number of piperazine rings is 1. The molecule has 0 radical (unpaired) electrons. The minimum Gasteiger partial charge on any atom is -0.329 e. The highest BCUT2D eigenvalue weighted by atomic mass is 16.2. The third-order valence-corrected chi connectivity index (χ3v) is 4.33. The highest BCUT2D eigenvalue weighted by Crippen LogP contribution is 2.34. The Bertz CT molecular complexity index is 541. The fraction of sp³-hybridized carbons (Fsp3) is 0.529. The molecule has 0 spiro atoms. The number of fused-ring (bicyclic) bond motifs is 1. The van der Waals surface area contributed by atoms with Gasteiger partial charge in [0, 0.05) is 13.1 Å². The van der Waals surface area contributed by atoms with Crippen molar-refractivity contribution in [1.29, 1.82) is 0 Å². The molecule has 0 aliphatic carbocycles. The maximum Gasteiger partial charge on any atom is 0.250 e. The van der Waals surface area contributed by atoms with Gasteiger partial charge in [-0.15, -0.1) is 0 Å². The zero-order chi connectivity index (χ0) is 15.0. The number of rotatable bonds is 3. The van der Waals surface area contributed by atoms with E-state index in [1.165, 1.54) is 0 Å². The number of carbonyl (C=O) groups is 2. The third-order valence-electron chi connectivity index (χ3n) is 4.33. The molecule has 21 heavy (non-hydrogen) atoms. The molecule has 4 heteroatoms. The van der Waals surface area contributed by atoms with E-state index >= 15 is 0 Å². The molecular formula is C17H22N2O2. The van der Waals surface area contributed by atoms with E-state index in [0.717, 1.165) is 18.4 Å². The van der Waals surface area contributed by atoms with Gasteiger partial charge in [-0.2, -0.15) is 0 Å².